The van der Waals surface area contributed by atoms with Crippen LogP contribution in [0.1, 0.15) is 0 Å². The molecular formula is C28H20N2O4. The number of anilines is 2. The first-order chi connectivity index (χ1) is 16.7. The second kappa shape index (κ2) is 9.34. The number of hydrogen-bond donors (Lipinski definition) is 2. The van der Waals surface area contributed by atoms with Crippen LogP contribution < -0.4 is 20.1 Å². The van der Waals surface area contributed by atoms with Gasteiger partial charge in [0.1, 0.15) is 11.5 Å². The van der Waals surface area contributed by atoms with E-state index in [0.717, 1.165) is 21.5 Å². The van der Waals surface area contributed by atoms with Crippen molar-refractivity contribution in [2.24, 2.45) is 0 Å². The van der Waals surface area contributed by atoms with Crippen LogP contribution >= 0.6 is 0 Å². The molecule has 0 aliphatic carbocycles. The normalized spacial score (nSPS) is 10.6. The lowest BCUT2D eigenvalue weighted by Gasteiger charge is -2.12. The number of fused-ring (bicyclic) bond motifs is 2. The van der Waals surface area contributed by atoms with Gasteiger partial charge in [0.05, 0.1) is 0 Å². The number of nitrogens with one attached hydrogen (secondary N) is 2. The third-order valence-electron chi connectivity index (χ3n) is 5.25. The van der Waals surface area contributed by atoms with Crippen LogP contribution in [0.3, 0.4) is 0 Å². The summed E-state index contributed by atoms with van der Waals surface area (Å²) in [7, 11) is 0. The summed E-state index contributed by atoms with van der Waals surface area (Å²) in [6.45, 7) is 0. The van der Waals surface area contributed by atoms with Gasteiger partial charge in [-0.15, -0.1) is 0 Å². The maximum Gasteiger partial charge on any atom is 0.417 e. The molecule has 0 aliphatic rings. The Bertz CT molecular complexity index is 1370. The number of carbonyl (C=O) groups is 2. The lowest BCUT2D eigenvalue weighted by Crippen LogP contribution is -2.17. The molecular weight excluding hydrogens is 428 g/mol. The third kappa shape index (κ3) is 4.66. The molecule has 0 saturated heterocycles. The van der Waals surface area contributed by atoms with Gasteiger partial charge in [0.25, 0.3) is 0 Å². The minimum absolute atomic E-state index is 0.399. The van der Waals surface area contributed by atoms with E-state index in [0.29, 0.717) is 22.9 Å². The highest BCUT2D eigenvalue weighted by atomic mass is 16.6. The predicted octanol–water partition coefficient (Wildman–Crippen LogP) is 7.21. The molecule has 5 aromatic rings. The summed E-state index contributed by atoms with van der Waals surface area (Å²) in [4.78, 5) is 24.9. The topological polar surface area (TPSA) is 76.7 Å². The Morgan fingerprint density at radius 2 is 0.941 bits per heavy atom. The predicted molar refractivity (Wildman–Crippen MR) is 134 cm³/mol. The summed E-state index contributed by atoms with van der Waals surface area (Å²) in [5, 5.41) is 8.65. The molecule has 6 nitrogen and oxygen atoms in total. The summed E-state index contributed by atoms with van der Waals surface area (Å²) in [5.74, 6) is 0.799. The molecule has 5 rings (SSSR count). The number of carbonyl (C=O) groups excluding carboxylic acids is 2. The number of amides is 2. The Balaban J connectivity index is 1.44. The van der Waals surface area contributed by atoms with Gasteiger partial charge in [-0.25, -0.2) is 9.59 Å². The zero-order chi connectivity index (χ0) is 23.3. The first kappa shape index (κ1) is 21.0. The number of benzene rings is 5. The van der Waals surface area contributed by atoms with E-state index in [4.69, 9.17) is 9.47 Å². The van der Waals surface area contributed by atoms with Crippen molar-refractivity contribution >= 4 is 45.1 Å². The molecule has 0 atom stereocenters. The standard InChI is InChI=1S/C28H20N2O4/c31-27(29-21-11-3-1-4-12-21)33-25-15-7-9-19-17-20-10-8-16-26(24(20)18-23(19)25)34-28(32)30-22-13-5-2-6-14-22/h1-18H,(H,29,31)(H,30,32). The molecule has 0 unspecified atom stereocenters. The van der Waals surface area contributed by atoms with E-state index in [1.165, 1.54) is 0 Å². The monoisotopic (exact) mass is 448 g/mol. The van der Waals surface area contributed by atoms with E-state index in [1.54, 1.807) is 36.4 Å². The van der Waals surface area contributed by atoms with Crippen molar-refractivity contribution in [1.29, 1.82) is 0 Å². The van der Waals surface area contributed by atoms with E-state index in [-0.39, 0.29) is 0 Å². The molecule has 166 valence electrons. The van der Waals surface area contributed by atoms with Gasteiger partial charge in [-0.2, -0.15) is 0 Å². The summed E-state index contributed by atoms with van der Waals surface area (Å²) in [6.07, 6.45) is -1.18. The van der Waals surface area contributed by atoms with Crippen LogP contribution in [0.25, 0.3) is 21.5 Å². The second-order valence-electron chi connectivity index (χ2n) is 7.57. The quantitative estimate of drug-likeness (QED) is 0.285. The van der Waals surface area contributed by atoms with Crippen LogP contribution in [0.4, 0.5) is 21.0 Å². The number of hydrogen-bond acceptors (Lipinski definition) is 4. The Morgan fingerprint density at radius 1 is 0.500 bits per heavy atom. The van der Waals surface area contributed by atoms with E-state index in [9.17, 15) is 9.59 Å². The molecule has 0 heterocycles. The highest BCUT2D eigenvalue weighted by Crippen LogP contribution is 2.34. The van der Waals surface area contributed by atoms with Gasteiger partial charge < -0.3 is 9.47 Å². The first-order valence-electron chi connectivity index (χ1n) is 10.7. The van der Waals surface area contributed by atoms with E-state index in [1.807, 2.05) is 72.8 Å². The minimum Gasteiger partial charge on any atom is -0.409 e. The minimum atomic E-state index is -0.592. The van der Waals surface area contributed by atoms with Gasteiger partial charge in [0.2, 0.25) is 0 Å². The molecule has 0 radical (unpaired) electrons. The Morgan fingerprint density at radius 3 is 1.38 bits per heavy atom. The molecule has 0 aromatic heterocycles. The highest BCUT2D eigenvalue weighted by Gasteiger charge is 2.13. The van der Waals surface area contributed by atoms with Crippen molar-refractivity contribution in [2.45, 2.75) is 0 Å². The van der Waals surface area contributed by atoms with E-state index < -0.39 is 12.2 Å². The molecule has 5 aromatic carbocycles. The SMILES string of the molecule is O=C(Nc1ccccc1)Oc1cccc2cc3cccc(OC(=O)Nc4ccccc4)c3cc12. The lowest BCUT2D eigenvalue weighted by molar-refractivity contribution is 0.215. The zero-order valence-electron chi connectivity index (χ0n) is 18.0. The van der Waals surface area contributed by atoms with Gasteiger partial charge in [-0.05, 0) is 59.3 Å². The lowest BCUT2D eigenvalue weighted by atomic mass is 10.0. The van der Waals surface area contributed by atoms with Crippen LogP contribution in [0.5, 0.6) is 11.5 Å². The molecule has 0 saturated carbocycles. The molecule has 0 spiro atoms. The number of rotatable bonds is 4. The van der Waals surface area contributed by atoms with Gasteiger partial charge in [0, 0.05) is 22.1 Å². The summed E-state index contributed by atoms with van der Waals surface area (Å²) in [5.41, 5.74) is 1.27. The van der Waals surface area contributed by atoms with Gasteiger partial charge in [-0.1, -0.05) is 60.7 Å². The van der Waals surface area contributed by atoms with Crippen molar-refractivity contribution < 1.29 is 19.1 Å². The Hall–Kier alpha value is -4.84. The van der Waals surface area contributed by atoms with Crippen LogP contribution in [0.2, 0.25) is 0 Å². The average Bonchev–Trinajstić information content (AvgIpc) is 2.84. The Kier molecular flexibility index (Phi) is 5.78. The van der Waals surface area contributed by atoms with Crippen LogP contribution in [-0.2, 0) is 0 Å². The van der Waals surface area contributed by atoms with E-state index >= 15 is 0 Å². The molecule has 0 bridgehead atoms. The van der Waals surface area contributed by atoms with Gasteiger partial charge in [-0.3, -0.25) is 10.6 Å². The summed E-state index contributed by atoms with van der Waals surface area (Å²) >= 11 is 0. The maximum atomic E-state index is 12.5. The smallest absolute Gasteiger partial charge is 0.409 e. The fourth-order valence-electron chi connectivity index (χ4n) is 3.70. The average molecular weight is 448 g/mol. The highest BCUT2D eigenvalue weighted by molar-refractivity contribution is 6.04. The maximum absolute atomic E-state index is 12.5. The molecule has 6 heteroatoms. The number of para-hydroxylation sites is 2. The summed E-state index contributed by atoms with van der Waals surface area (Å²) < 4.78 is 11.2. The van der Waals surface area contributed by atoms with Crippen LogP contribution in [-0.4, -0.2) is 12.2 Å². The second-order valence-corrected chi connectivity index (χ2v) is 7.57. The molecule has 2 amide bonds. The van der Waals surface area contributed by atoms with Crippen molar-refractivity contribution in [3.63, 3.8) is 0 Å². The van der Waals surface area contributed by atoms with Crippen LogP contribution in [0, 0.1) is 0 Å². The van der Waals surface area contributed by atoms with Gasteiger partial charge >= 0.3 is 12.2 Å². The Labute approximate surface area is 195 Å². The van der Waals surface area contributed by atoms with Crippen molar-refractivity contribution in [3.8, 4) is 11.5 Å². The van der Waals surface area contributed by atoms with Crippen molar-refractivity contribution in [3.05, 3.63) is 109 Å². The summed E-state index contributed by atoms with van der Waals surface area (Å²) in [6, 6.07) is 33.0. The van der Waals surface area contributed by atoms with Gasteiger partial charge in [0.15, 0.2) is 0 Å². The molecule has 2 N–H and O–H groups in total. The molecule has 34 heavy (non-hydrogen) atoms. The third-order valence-corrected chi connectivity index (χ3v) is 5.25. The first-order valence-corrected chi connectivity index (χ1v) is 10.7. The zero-order valence-corrected chi connectivity index (χ0v) is 18.0. The largest absolute Gasteiger partial charge is 0.417 e. The number of ether oxygens (including phenoxy) is 2. The molecule has 0 fully saturated rings. The van der Waals surface area contributed by atoms with E-state index in [2.05, 4.69) is 10.6 Å². The van der Waals surface area contributed by atoms with Crippen molar-refractivity contribution in [2.75, 3.05) is 10.6 Å². The van der Waals surface area contributed by atoms with Crippen molar-refractivity contribution in [1.82, 2.24) is 0 Å². The fourth-order valence-corrected chi connectivity index (χ4v) is 3.70. The molecule has 0 aliphatic heterocycles. The van der Waals surface area contributed by atoms with Crippen LogP contribution in [0.15, 0.2) is 109 Å². The fraction of sp³-hybridized carbons (Fsp3) is 0.